The van der Waals surface area contributed by atoms with Crippen molar-refractivity contribution >= 4 is 0 Å². The van der Waals surface area contributed by atoms with Gasteiger partial charge < -0.3 is 0 Å². The minimum atomic E-state index is -2.73. The molecule has 0 N–H and O–H groups in total. The second-order valence-corrected chi connectivity index (χ2v) is 20.4. The molecule has 5 nitrogen and oxygen atoms in total. The molecule has 5 aromatic heterocycles. The summed E-state index contributed by atoms with van der Waals surface area (Å²) in [6, 6.07) is 57.2. The maximum Gasteiger partial charge on any atom is 0.212 e. The molecule has 10 rings (SSSR count). The van der Waals surface area contributed by atoms with E-state index in [0.29, 0.717) is 11.1 Å². The Bertz CT molecular complexity index is 4320. The molecule has 0 aliphatic carbocycles. The van der Waals surface area contributed by atoms with Crippen LogP contribution in [0.5, 0.6) is 0 Å². The highest BCUT2D eigenvalue weighted by Crippen LogP contribution is 2.27. The average Bonchev–Trinajstić information content (AvgIpc) is 0.751. The van der Waals surface area contributed by atoms with Crippen molar-refractivity contribution < 1.29 is 47.5 Å². The SMILES string of the molecule is Cc1ccc(C)c(-c2cccc[n+]2C)c1.[2H]C([2H])([2H])C([2H])(C)C([2H])([2H])c1ccc(-c2cccc[n+]2C)c(C)c1.[2H]C([2H])([2H])C([2H])(C)c1ccc(-c2cccc[n+]2C)c(C)c1.[2H]C([2H])([2H])C([2H])([2H])c1ccc(-c2cccc[n+]2C)c(C)c1.[2H]C([2H])([2H])c1ccc(-c2cccc[n+]2C)c(C)c1. The smallest absolute Gasteiger partial charge is 0.201 e. The van der Waals surface area contributed by atoms with Gasteiger partial charge in [0.05, 0.1) is 0 Å². The van der Waals surface area contributed by atoms with Crippen LogP contribution in [0.4, 0.5) is 0 Å². The molecule has 2 unspecified atom stereocenters. The average molecular weight is 1090 g/mol. The molecule has 416 valence electrons. The molecular weight excluding hydrogens is 983 g/mol. The third-order valence-corrected chi connectivity index (χ3v) is 13.9. The third-order valence-electron chi connectivity index (χ3n) is 13.9. The molecule has 0 aliphatic heterocycles. The Morgan fingerprint density at radius 3 is 1.17 bits per heavy atom. The van der Waals surface area contributed by atoms with Crippen LogP contribution >= 0.6 is 0 Å². The van der Waals surface area contributed by atoms with Crippen LogP contribution in [0.15, 0.2) is 213 Å². The van der Waals surface area contributed by atoms with Crippen LogP contribution in [0.25, 0.3) is 56.3 Å². The Morgan fingerprint density at radius 2 is 0.778 bits per heavy atom. The van der Waals surface area contributed by atoms with Gasteiger partial charge in [0.1, 0.15) is 35.2 Å². The zero-order valence-corrected chi connectivity index (χ0v) is 49.4. The van der Waals surface area contributed by atoms with Gasteiger partial charge in [0, 0.05) is 113 Å². The lowest BCUT2D eigenvalue weighted by atomic mass is 9.96. The molecule has 5 heterocycles. The standard InChI is InChI=1S/C17H22N.C16H20N.C15H18N.2C14H16N/c1-13(2)11-15-8-9-16(14(3)12-15)17-7-5-6-10-18(17)4;1-12(2)14-8-9-15(13(3)11-14)16-7-5-6-10-17(16)4;1-4-13-8-9-14(12(2)11-13)15-7-5-6-10-16(15)3;1-11-7-8-13(12(2)10-11)14-6-4-5-9-15(14)3;1-11-7-8-12(2)13(10-11)14-6-4-5-9-15(14)3/h5-10,12-13H,11H2,1-4H3;5-12H,1-4H3;5-11H,4H2,1-3H3;2*4-10H,1-3H3/q5*+1/i1D3,11D2,13D;1D3,12D;1D3,4D2;1D3;. The van der Waals surface area contributed by atoms with Gasteiger partial charge >= 0.3 is 0 Å². The Balaban J connectivity index is 0.000000196. The van der Waals surface area contributed by atoms with Crippen molar-refractivity contribution in [2.75, 3.05) is 0 Å². The fraction of sp³-hybridized carbons (Fsp3) is 0.276. The summed E-state index contributed by atoms with van der Waals surface area (Å²) in [6.07, 6.45) is 5.24. The summed E-state index contributed by atoms with van der Waals surface area (Å²) < 4.78 is 148. The molecule has 10 aromatic rings. The first-order chi connectivity index (χ1) is 45.8. The molecule has 0 amide bonds. The first-order valence-electron chi connectivity index (χ1n) is 36.0. The molecular formula is C76H92N5+5. The normalized spacial score (nSPS) is 16.3. The molecule has 0 spiro atoms. The molecule has 0 saturated heterocycles. The van der Waals surface area contributed by atoms with Crippen molar-refractivity contribution in [3.63, 3.8) is 0 Å². The van der Waals surface area contributed by atoms with E-state index in [1.165, 1.54) is 29.3 Å². The van der Waals surface area contributed by atoms with Crippen LogP contribution in [-0.2, 0) is 48.0 Å². The highest BCUT2D eigenvalue weighted by molar-refractivity contribution is 5.65. The molecule has 0 fully saturated rings. The molecule has 5 heteroatoms. The fourth-order valence-electron chi connectivity index (χ4n) is 9.44. The van der Waals surface area contributed by atoms with Gasteiger partial charge in [-0.25, -0.2) is 22.8 Å². The van der Waals surface area contributed by atoms with Crippen LogP contribution in [-0.4, -0.2) is 0 Å². The van der Waals surface area contributed by atoms with E-state index < -0.39 is 51.9 Å². The Labute approximate surface area is 513 Å². The summed E-state index contributed by atoms with van der Waals surface area (Å²) in [5, 5.41) is 0. The molecule has 81 heavy (non-hydrogen) atoms. The van der Waals surface area contributed by atoms with E-state index in [0.717, 1.165) is 74.2 Å². The first kappa shape index (κ1) is 40.9. The summed E-state index contributed by atoms with van der Waals surface area (Å²) in [5.74, 6) is -3.85. The largest absolute Gasteiger partial charge is 0.212 e. The van der Waals surface area contributed by atoms with Crippen LogP contribution < -0.4 is 22.8 Å². The van der Waals surface area contributed by atoms with Crippen molar-refractivity contribution in [2.24, 2.45) is 41.1 Å². The lowest BCUT2D eigenvalue weighted by Crippen LogP contribution is -2.30. The van der Waals surface area contributed by atoms with Gasteiger partial charge in [0.2, 0.25) is 28.5 Å². The van der Waals surface area contributed by atoms with Crippen molar-refractivity contribution in [2.45, 2.75) is 101 Å². The minimum Gasteiger partial charge on any atom is -0.201 e. The molecule has 0 aliphatic rings. The zero-order chi connectivity index (χ0) is 74.2. The van der Waals surface area contributed by atoms with Gasteiger partial charge in [0.15, 0.2) is 31.0 Å². The summed E-state index contributed by atoms with van der Waals surface area (Å²) in [7, 11) is 9.89. The number of benzene rings is 5. The monoisotopic (exact) mass is 1090 g/mol. The zero-order valence-electron chi connectivity index (χ0n) is 67.4. The van der Waals surface area contributed by atoms with Gasteiger partial charge in [-0.1, -0.05) is 106 Å². The maximum atomic E-state index is 8.25. The summed E-state index contributed by atoms with van der Waals surface area (Å²) >= 11 is 0. The van der Waals surface area contributed by atoms with Crippen LogP contribution in [0.3, 0.4) is 0 Å². The van der Waals surface area contributed by atoms with Crippen molar-refractivity contribution in [3.05, 3.63) is 269 Å². The van der Waals surface area contributed by atoms with E-state index in [1.54, 1.807) is 54.6 Å². The Hall–Kier alpha value is -8.15. The number of rotatable bonds is 9. The number of hydrogen-bond donors (Lipinski definition) is 0. The third kappa shape index (κ3) is 17.4. The molecule has 5 aromatic carbocycles. The topological polar surface area (TPSA) is 19.4 Å². The second-order valence-electron chi connectivity index (χ2n) is 20.4. The lowest BCUT2D eigenvalue weighted by molar-refractivity contribution is -0.660. The maximum absolute atomic E-state index is 8.25. The Morgan fingerprint density at radius 1 is 0.383 bits per heavy atom. The number of nitrogens with zero attached hydrogens (tertiary/aromatic N) is 5. The predicted molar refractivity (Wildman–Crippen MR) is 340 cm³/mol. The van der Waals surface area contributed by atoms with Gasteiger partial charge in [-0.15, -0.1) is 0 Å². The number of pyridine rings is 5. The summed E-state index contributed by atoms with van der Waals surface area (Å²) in [4.78, 5) is 0. The highest BCUT2D eigenvalue weighted by atomic mass is 14.9. The van der Waals surface area contributed by atoms with Crippen LogP contribution in [0.1, 0.15) is 121 Å². The highest BCUT2D eigenvalue weighted by Gasteiger charge is 2.16. The van der Waals surface area contributed by atoms with Crippen molar-refractivity contribution in [3.8, 4) is 56.3 Å². The van der Waals surface area contributed by atoms with Gasteiger partial charge in [-0.05, 0) is 178 Å². The summed E-state index contributed by atoms with van der Waals surface area (Å²) in [5.41, 5.74) is 18.2. The van der Waals surface area contributed by atoms with E-state index in [-0.39, 0.29) is 11.1 Å². The first-order valence-corrected chi connectivity index (χ1v) is 27.0. The number of aryl methyl sites for hydroxylation is 13. The van der Waals surface area contributed by atoms with E-state index in [4.69, 9.17) is 24.7 Å². The van der Waals surface area contributed by atoms with Crippen LogP contribution in [0, 0.1) is 54.3 Å². The molecule has 0 radical (unpaired) electrons. The molecule has 2 atom stereocenters. The molecule has 0 bridgehead atoms. The predicted octanol–water partition coefficient (Wildman–Crippen LogP) is 15.9. The summed E-state index contributed by atoms with van der Waals surface area (Å²) in [6.45, 7) is 4.66. The second kappa shape index (κ2) is 29.9. The lowest BCUT2D eigenvalue weighted by Gasteiger charge is -2.09. The van der Waals surface area contributed by atoms with E-state index in [9.17, 15) is 0 Å². The quantitative estimate of drug-likeness (QED) is 0.128. The molecule has 0 saturated carbocycles. The van der Waals surface area contributed by atoms with Crippen molar-refractivity contribution in [1.82, 2.24) is 0 Å². The Kier molecular flexibility index (Phi) is 15.1. The van der Waals surface area contributed by atoms with Gasteiger partial charge in [0.25, 0.3) is 0 Å². The number of aromatic nitrogens is 5. The fourth-order valence-corrected chi connectivity index (χ4v) is 9.44. The minimum absolute atomic E-state index is 0.183. The van der Waals surface area contributed by atoms with Crippen molar-refractivity contribution in [1.29, 1.82) is 0 Å². The number of hydrogen-bond acceptors (Lipinski definition) is 0. The van der Waals surface area contributed by atoms with Gasteiger partial charge in [-0.2, -0.15) is 0 Å². The van der Waals surface area contributed by atoms with E-state index in [2.05, 4.69) is 68.1 Å². The van der Waals surface area contributed by atoms with Gasteiger partial charge in [-0.3, -0.25) is 0 Å². The van der Waals surface area contributed by atoms with E-state index >= 15 is 0 Å². The van der Waals surface area contributed by atoms with Crippen LogP contribution in [0.2, 0.25) is 0 Å². The van der Waals surface area contributed by atoms with E-state index in [1.807, 2.05) is 190 Å².